The number of hydrogen-bond donors (Lipinski definition) is 0. The third kappa shape index (κ3) is 7.36. The Morgan fingerprint density at radius 3 is 2.27 bits per heavy atom. The Morgan fingerprint density at radius 1 is 0.951 bits per heavy atom. The monoisotopic (exact) mass is 547 g/mol. The maximum absolute atomic E-state index is 13.0. The number of hydrogen-bond acceptors (Lipinski definition) is 6. The number of piperidine rings is 2. The molecule has 0 atom stereocenters. The fourth-order valence-corrected chi connectivity index (χ4v) is 5.49. The van der Waals surface area contributed by atoms with Gasteiger partial charge < -0.3 is 9.64 Å². The lowest BCUT2D eigenvalue weighted by Gasteiger charge is -2.32. The van der Waals surface area contributed by atoms with Crippen LogP contribution >= 0.6 is 0 Å². The van der Waals surface area contributed by atoms with Crippen molar-refractivity contribution in [2.24, 2.45) is 5.92 Å². The largest absolute Gasteiger partial charge is 0.490 e. The third-order valence-corrected chi connectivity index (χ3v) is 7.97. The summed E-state index contributed by atoms with van der Waals surface area (Å²) in [4.78, 5) is 37.9. The Kier molecular flexibility index (Phi) is 9.03. The molecule has 8 nitrogen and oxygen atoms in total. The molecule has 208 valence electrons. The average molecular weight is 548 g/mol. The van der Waals surface area contributed by atoms with Crippen molar-refractivity contribution in [1.82, 2.24) is 14.8 Å². The zero-order valence-corrected chi connectivity index (χ0v) is 23.0. The number of pyridine rings is 1. The van der Waals surface area contributed by atoms with E-state index < -0.39 is 0 Å². The van der Waals surface area contributed by atoms with E-state index in [1.807, 2.05) is 24.3 Å². The van der Waals surface area contributed by atoms with Crippen molar-refractivity contribution in [3.8, 4) is 11.8 Å². The molecular formula is C33H33N5O3. The number of amides is 1. The van der Waals surface area contributed by atoms with Crippen molar-refractivity contribution in [2.75, 3.05) is 26.2 Å². The molecule has 2 aromatic carbocycles. The zero-order chi connectivity index (χ0) is 28.6. The molecule has 5 rings (SSSR count). The molecule has 1 aromatic heterocycles. The molecule has 0 spiro atoms. The number of ether oxygens (including phenoxy) is 1. The first kappa shape index (κ1) is 28.0. The van der Waals surface area contributed by atoms with Crippen LogP contribution in [0.4, 0.5) is 5.69 Å². The Labute approximate surface area is 241 Å². The van der Waals surface area contributed by atoms with E-state index in [0.717, 1.165) is 51.1 Å². The highest BCUT2D eigenvalue weighted by atomic mass is 16.5. The summed E-state index contributed by atoms with van der Waals surface area (Å²) in [6.07, 6.45) is 5.44. The molecule has 0 bridgehead atoms. The number of nitriles is 1. The number of carbonyl (C=O) groups is 2. The van der Waals surface area contributed by atoms with E-state index in [1.54, 1.807) is 41.3 Å². The first-order valence-electron chi connectivity index (χ1n) is 14.1. The lowest BCUT2D eigenvalue weighted by atomic mass is 9.90. The van der Waals surface area contributed by atoms with Crippen molar-refractivity contribution in [1.29, 1.82) is 5.26 Å². The number of nitrogens with zero attached hydrogens (tertiary/aromatic N) is 5. The van der Waals surface area contributed by atoms with Gasteiger partial charge >= 0.3 is 0 Å². The van der Waals surface area contributed by atoms with E-state index in [0.29, 0.717) is 47.9 Å². The molecule has 0 radical (unpaired) electrons. The average Bonchev–Trinajstić information content (AvgIpc) is 3.03. The summed E-state index contributed by atoms with van der Waals surface area (Å²) in [5, 5.41) is 8.96. The van der Waals surface area contributed by atoms with Gasteiger partial charge in [0.15, 0.2) is 11.5 Å². The van der Waals surface area contributed by atoms with E-state index >= 15 is 0 Å². The minimum absolute atomic E-state index is 0.0219. The first-order valence-corrected chi connectivity index (χ1v) is 14.1. The number of likely N-dealkylation sites (tertiary alicyclic amines) is 2. The van der Waals surface area contributed by atoms with Crippen LogP contribution in [-0.2, 0) is 6.54 Å². The van der Waals surface area contributed by atoms with E-state index in [9.17, 15) is 9.59 Å². The number of benzene rings is 2. The smallest absolute Gasteiger partial charge is 0.272 e. The highest BCUT2D eigenvalue weighted by molar-refractivity contribution is 5.97. The lowest BCUT2D eigenvalue weighted by molar-refractivity contribution is 0.0589. The molecule has 41 heavy (non-hydrogen) atoms. The second kappa shape index (κ2) is 13.2. The second-order valence-corrected chi connectivity index (χ2v) is 10.8. The fourth-order valence-electron chi connectivity index (χ4n) is 5.49. The molecule has 1 amide bonds. The second-order valence-electron chi connectivity index (χ2n) is 10.8. The number of aromatic nitrogens is 1. The summed E-state index contributed by atoms with van der Waals surface area (Å²) in [6, 6.07) is 20.4. The van der Waals surface area contributed by atoms with Gasteiger partial charge in [-0.2, -0.15) is 5.26 Å². The molecule has 3 heterocycles. The molecule has 2 fully saturated rings. The summed E-state index contributed by atoms with van der Waals surface area (Å²) < 4.78 is 6.03. The molecule has 0 unspecified atom stereocenters. The number of carbonyl (C=O) groups excluding carboxylic acids is 2. The summed E-state index contributed by atoms with van der Waals surface area (Å²) in [5.41, 5.74) is 3.35. The summed E-state index contributed by atoms with van der Waals surface area (Å²) in [5.74, 6) is 1.02. The van der Waals surface area contributed by atoms with Gasteiger partial charge in [0.1, 0.15) is 17.5 Å². The lowest BCUT2D eigenvalue weighted by Crippen LogP contribution is -2.42. The SMILES string of the molecule is [C-]#[N+]c1ccc(OC2CCN(C(=O)c3ccc(C(=O)CC4CCN(Cc5ccc(C#N)cc5)CC4)cn3)CC2)cc1. The van der Waals surface area contributed by atoms with Gasteiger partial charge in [-0.25, -0.2) is 4.85 Å². The van der Waals surface area contributed by atoms with Crippen LogP contribution in [0.2, 0.25) is 0 Å². The quantitative estimate of drug-likeness (QED) is 0.267. The van der Waals surface area contributed by atoms with Gasteiger partial charge in [-0.1, -0.05) is 24.3 Å². The fraction of sp³-hybridized carbons (Fsp3) is 0.364. The van der Waals surface area contributed by atoms with Crippen LogP contribution in [0.1, 0.15) is 64.1 Å². The van der Waals surface area contributed by atoms with Gasteiger partial charge in [-0.3, -0.25) is 19.5 Å². The Morgan fingerprint density at radius 2 is 1.66 bits per heavy atom. The van der Waals surface area contributed by atoms with Crippen LogP contribution in [-0.4, -0.2) is 58.8 Å². The highest BCUT2D eigenvalue weighted by Gasteiger charge is 2.26. The molecular weight excluding hydrogens is 514 g/mol. The number of Topliss-reactive ketones (excluding diaryl/α,β-unsaturated/α-hetero) is 1. The van der Waals surface area contributed by atoms with Gasteiger partial charge in [-0.15, -0.1) is 0 Å². The molecule has 3 aromatic rings. The van der Waals surface area contributed by atoms with Gasteiger partial charge in [0.2, 0.25) is 0 Å². The highest BCUT2D eigenvalue weighted by Crippen LogP contribution is 2.25. The maximum atomic E-state index is 13.0. The summed E-state index contributed by atoms with van der Waals surface area (Å²) in [6.45, 7) is 10.9. The minimum Gasteiger partial charge on any atom is -0.490 e. The van der Waals surface area contributed by atoms with Crippen LogP contribution in [0, 0.1) is 23.8 Å². The van der Waals surface area contributed by atoms with Crippen LogP contribution in [0.5, 0.6) is 5.75 Å². The number of rotatable bonds is 8. The van der Waals surface area contributed by atoms with E-state index in [2.05, 4.69) is 20.8 Å². The van der Waals surface area contributed by atoms with Gasteiger partial charge in [0.25, 0.3) is 5.91 Å². The van der Waals surface area contributed by atoms with E-state index in [1.165, 1.54) is 11.8 Å². The molecule has 2 saturated heterocycles. The van der Waals surface area contributed by atoms with Gasteiger partial charge in [0, 0.05) is 50.7 Å². The normalized spacial score (nSPS) is 16.5. The number of ketones is 1. The van der Waals surface area contributed by atoms with Crippen molar-refractivity contribution in [2.45, 2.75) is 44.8 Å². The van der Waals surface area contributed by atoms with Crippen molar-refractivity contribution < 1.29 is 14.3 Å². The van der Waals surface area contributed by atoms with Crippen LogP contribution in [0.3, 0.4) is 0 Å². The zero-order valence-electron chi connectivity index (χ0n) is 23.0. The minimum atomic E-state index is -0.126. The van der Waals surface area contributed by atoms with E-state index in [-0.39, 0.29) is 17.8 Å². The standard InChI is InChI=1S/C33H33N5O3/c1-35-28-7-9-29(10-8-28)41-30-14-18-38(19-15-30)33(40)31-11-6-27(22-36-31)32(39)20-24-12-16-37(17-13-24)23-26-4-2-25(21-34)3-5-26/h2-11,22,24,30H,12-20,23H2. The van der Waals surface area contributed by atoms with Crippen molar-refractivity contribution in [3.63, 3.8) is 0 Å². The summed E-state index contributed by atoms with van der Waals surface area (Å²) >= 11 is 0. The molecule has 8 heteroatoms. The van der Waals surface area contributed by atoms with Crippen LogP contribution < -0.4 is 4.74 Å². The Balaban J connectivity index is 1.05. The molecule has 2 aliphatic rings. The molecule has 0 aliphatic carbocycles. The van der Waals surface area contributed by atoms with Gasteiger partial charge in [0.05, 0.1) is 18.2 Å². The van der Waals surface area contributed by atoms with E-state index in [4.69, 9.17) is 16.6 Å². The van der Waals surface area contributed by atoms with Crippen molar-refractivity contribution in [3.05, 3.63) is 101 Å². The van der Waals surface area contributed by atoms with Crippen LogP contribution in [0.15, 0.2) is 66.9 Å². The molecule has 0 saturated carbocycles. The Bertz CT molecular complexity index is 1420. The first-order chi connectivity index (χ1) is 20.0. The Hall–Kier alpha value is -4.53. The topological polar surface area (TPSA) is 90.9 Å². The maximum Gasteiger partial charge on any atom is 0.272 e. The van der Waals surface area contributed by atoms with Crippen molar-refractivity contribution >= 4 is 17.4 Å². The molecule has 0 N–H and O–H groups in total. The molecule has 2 aliphatic heterocycles. The third-order valence-electron chi connectivity index (χ3n) is 7.97. The predicted octanol–water partition coefficient (Wildman–Crippen LogP) is 5.67. The predicted molar refractivity (Wildman–Crippen MR) is 155 cm³/mol. The van der Waals surface area contributed by atoms with Gasteiger partial charge in [-0.05, 0) is 73.8 Å². The van der Waals surface area contributed by atoms with Crippen LogP contribution in [0.25, 0.3) is 4.85 Å². The summed E-state index contributed by atoms with van der Waals surface area (Å²) in [7, 11) is 0.